The molecule has 0 spiro atoms. The van der Waals surface area contributed by atoms with E-state index in [1.807, 2.05) is 26.8 Å². The molecular weight excluding hydrogens is 294 g/mol. The summed E-state index contributed by atoms with van der Waals surface area (Å²) < 4.78 is 17.6. The standard InChI is InChI=1S/C17H31NO3Si/c1-4-19-22(20-5-2,21-6-3)16-12-8-11-15-18-17-13-9-7-10-14-17/h7,9-10,13-14,18H,4-6,8,11-12,15-16H2,1-3H3. The van der Waals surface area contributed by atoms with E-state index in [-0.39, 0.29) is 0 Å². The van der Waals surface area contributed by atoms with Gasteiger partial charge in [0.2, 0.25) is 0 Å². The van der Waals surface area contributed by atoms with Crippen molar-refractivity contribution in [3.63, 3.8) is 0 Å². The van der Waals surface area contributed by atoms with Crippen LogP contribution in [0.3, 0.4) is 0 Å². The molecule has 0 radical (unpaired) electrons. The summed E-state index contributed by atoms with van der Waals surface area (Å²) in [6.07, 6.45) is 3.38. The third-order valence-electron chi connectivity index (χ3n) is 3.36. The van der Waals surface area contributed by atoms with Gasteiger partial charge in [-0.05, 0) is 45.7 Å². The van der Waals surface area contributed by atoms with Crippen molar-refractivity contribution >= 4 is 14.5 Å². The zero-order valence-electron chi connectivity index (χ0n) is 14.3. The van der Waals surface area contributed by atoms with Crippen molar-refractivity contribution < 1.29 is 13.3 Å². The van der Waals surface area contributed by atoms with E-state index in [2.05, 4.69) is 29.6 Å². The van der Waals surface area contributed by atoms with E-state index in [4.69, 9.17) is 13.3 Å². The Morgan fingerprint density at radius 1 is 0.818 bits per heavy atom. The van der Waals surface area contributed by atoms with Gasteiger partial charge in [0.25, 0.3) is 0 Å². The van der Waals surface area contributed by atoms with E-state index < -0.39 is 8.80 Å². The second-order valence-electron chi connectivity index (χ2n) is 5.09. The molecule has 22 heavy (non-hydrogen) atoms. The van der Waals surface area contributed by atoms with Crippen LogP contribution in [0.5, 0.6) is 0 Å². The van der Waals surface area contributed by atoms with Crippen LogP contribution < -0.4 is 5.32 Å². The highest BCUT2D eigenvalue weighted by molar-refractivity contribution is 6.60. The molecule has 0 saturated carbocycles. The maximum atomic E-state index is 5.87. The van der Waals surface area contributed by atoms with Gasteiger partial charge in [0.15, 0.2) is 0 Å². The SMILES string of the molecule is CCO[Si](CCCCCNc1ccccc1)(OCC)OCC. The minimum atomic E-state index is -2.44. The largest absolute Gasteiger partial charge is 0.500 e. The molecule has 0 fully saturated rings. The van der Waals surface area contributed by atoms with Gasteiger partial charge in [0.05, 0.1) is 0 Å². The quantitative estimate of drug-likeness (QED) is 0.433. The molecule has 0 saturated heterocycles. The molecule has 0 aliphatic heterocycles. The minimum absolute atomic E-state index is 0.655. The highest BCUT2D eigenvalue weighted by Gasteiger charge is 2.39. The van der Waals surface area contributed by atoms with Crippen LogP contribution in [0.25, 0.3) is 0 Å². The van der Waals surface area contributed by atoms with Crippen LogP contribution in [0.2, 0.25) is 6.04 Å². The second-order valence-corrected chi connectivity index (χ2v) is 7.82. The summed E-state index contributed by atoms with van der Waals surface area (Å²) >= 11 is 0. The van der Waals surface area contributed by atoms with Crippen LogP contribution in [-0.2, 0) is 13.3 Å². The number of hydrogen-bond donors (Lipinski definition) is 1. The van der Waals surface area contributed by atoms with Gasteiger partial charge in [-0.15, -0.1) is 0 Å². The van der Waals surface area contributed by atoms with Crippen LogP contribution in [0.1, 0.15) is 40.0 Å². The van der Waals surface area contributed by atoms with E-state index in [1.165, 1.54) is 5.69 Å². The van der Waals surface area contributed by atoms with Crippen molar-refractivity contribution in [1.82, 2.24) is 0 Å². The summed E-state index contributed by atoms with van der Waals surface area (Å²) in [5.41, 5.74) is 1.18. The minimum Gasteiger partial charge on any atom is -0.385 e. The molecule has 0 unspecified atom stereocenters. The topological polar surface area (TPSA) is 39.7 Å². The highest BCUT2D eigenvalue weighted by Crippen LogP contribution is 2.20. The Labute approximate surface area is 136 Å². The molecule has 0 bridgehead atoms. The second kappa shape index (κ2) is 11.7. The molecular formula is C17H31NO3Si. The fourth-order valence-electron chi connectivity index (χ4n) is 2.43. The number of anilines is 1. The van der Waals surface area contributed by atoms with E-state index in [1.54, 1.807) is 0 Å². The molecule has 1 aromatic rings. The van der Waals surface area contributed by atoms with Gasteiger partial charge < -0.3 is 18.6 Å². The first-order valence-corrected chi connectivity index (χ1v) is 10.4. The van der Waals surface area contributed by atoms with Crippen molar-refractivity contribution in [3.05, 3.63) is 30.3 Å². The predicted octanol–water partition coefficient (Wildman–Crippen LogP) is 4.32. The fourth-order valence-corrected chi connectivity index (χ4v) is 5.12. The molecule has 1 N–H and O–H groups in total. The Bertz CT molecular complexity index is 358. The summed E-state index contributed by atoms with van der Waals surface area (Å²) in [7, 11) is -2.44. The third kappa shape index (κ3) is 7.40. The number of rotatable bonds is 13. The molecule has 1 aromatic carbocycles. The summed E-state index contributed by atoms with van der Waals surface area (Å²) in [5, 5.41) is 3.44. The molecule has 5 heteroatoms. The molecule has 0 atom stereocenters. The van der Waals surface area contributed by atoms with Gasteiger partial charge >= 0.3 is 8.80 Å². The average Bonchev–Trinajstić information content (AvgIpc) is 2.52. The lowest BCUT2D eigenvalue weighted by molar-refractivity contribution is 0.0706. The summed E-state index contributed by atoms with van der Waals surface area (Å²) in [6, 6.07) is 11.2. The van der Waals surface area contributed by atoms with E-state index in [0.29, 0.717) is 19.8 Å². The molecule has 4 nitrogen and oxygen atoms in total. The zero-order valence-corrected chi connectivity index (χ0v) is 15.3. The van der Waals surface area contributed by atoms with Gasteiger partial charge in [0, 0.05) is 38.1 Å². The highest BCUT2D eigenvalue weighted by atomic mass is 28.4. The van der Waals surface area contributed by atoms with Crippen LogP contribution in [-0.4, -0.2) is 35.2 Å². The van der Waals surface area contributed by atoms with Gasteiger partial charge in [-0.2, -0.15) is 0 Å². The molecule has 0 aliphatic carbocycles. The van der Waals surface area contributed by atoms with Crippen molar-refractivity contribution in [3.8, 4) is 0 Å². The van der Waals surface area contributed by atoms with Crippen molar-refractivity contribution in [1.29, 1.82) is 0 Å². The maximum Gasteiger partial charge on any atom is 0.500 e. The Hall–Kier alpha value is -0.883. The normalized spacial score (nSPS) is 11.6. The Morgan fingerprint density at radius 2 is 1.41 bits per heavy atom. The van der Waals surface area contributed by atoms with E-state index in [9.17, 15) is 0 Å². The van der Waals surface area contributed by atoms with E-state index in [0.717, 1.165) is 31.9 Å². The predicted molar refractivity (Wildman–Crippen MR) is 94.2 cm³/mol. The number of benzene rings is 1. The molecule has 0 heterocycles. The first kappa shape index (κ1) is 19.2. The Balaban J connectivity index is 2.24. The van der Waals surface area contributed by atoms with Crippen LogP contribution in [0.4, 0.5) is 5.69 Å². The maximum absolute atomic E-state index is 5.87. The van der Waals surface area contributed by atoms with Crippen LogP contribution in [0, 0.1) is 0 Å². The number of unbranched alkanes of at least 4 members (excludes halogenated alkanes) is 2. The van der Waals surface area contributed by atoms with Gasteiger partial charge in [-0.3, -0.25) is 0 Å². The smallest absolute Gasteiger partial charge is 0.385 e. The summed E-state index contributed by atoms with van der Waals surface area (Å²) in [5.74, 6) is 0. The zero-order chi connectivity index (χ0) is 16.1. The van der Waals surface area contributed by atoms with Gasteiger partial charge in [0.1, 0.15) is 0 Å². The lowest BCUT2D eigenvalue weighted by Gasteiger charge is -2.28. The third-order valence-corrected chi connectivity index (χ3v) is 6.51. The number of hydrogen-bond acceptors (Lipinski definition) is 4. The molecule has 0 aliphatic rings. The van der Waals surface area contributed by atoms with Crippen LogP contribution in [0.15, 0.2) is 30.3 Å². The fraction of sp³-hybridized carbons (Fsp3) is 0.647. The summed E-state index contributed by atoms with van der Waals surface area (Å²) in [4.78, 5) is 0. The molecule has 0 aromatic heterocycles. The first-order valence-electron chi connectivity index (χ1n) is 8.47. The molecule has 0 amide bonds. The number of nitrogens with one attached hydrogen (secondary N) is 1. The Kier molecular flexibility index (Phi) is 10.2. The van der Waals surface area contributed by atoms with Crippen molar-refractivity contribution in [2.45, 2.75) is 46.1 Å². The van der Waals surface area contributed by atoms with Gasteiger partial charge in [-0.25, -0.2) is 0 Å². The average molecular weight is 326 g/mol. The first-order chi connectivity index (χ1) is 10.8. The lowest BCUT2D eigenvalue weighted by atomic mass is 10.2. The monoisotopic (exact) mass is 325 g/mol. The van der Waals surface area contributed by atoms with Crippen LogP contribution >= 0.6 is 0 Å². The van der Waals surface area contributed by atoms with Crippen molar-refractivity contribution in [2.75, 3.05) is 31.7 Å². The number of para-hydroxylation sites is 1. The van der Waals surface area contributed by atoms with Gasteiger partial charge in [-0.1, -0.05) is 24.6 Å². The summed E-state index contributed by atoms with van der Waals surface area (Å²) in [6.45, 7) is 8.97. The lowest BCUT2D eigenvalue weighted by Crippen LogP contribution is -2.45. The molecule has 1 rings (SSSR count). The molecule has 126 valence electrons. The van der Waals surface area contributed by atoms with E-state index >= 15 is 0 Å². The van der Waals surface area contributed by atoms with Crippen molar-refractivity contribution in [2.24, 2.45) is 0 Å². The Morgan fingerprint density at radius 3 is 1.95 bits per heavy atom.